The van der Waals surface area contributed by atoms with E-state index in [1.54, 1.807) is 18.6 Å². The molecule has 2 aromatic rings. The number of pyridine rings is 1. The van der Waals surface area contributed by atoms with E-state index in [4.69, 9.17) is 4.74 Å². The van der Waals surface area contributed by atoms with Gasteiger partial charge in [-0.05, 0) is 24.1 Å². The van der Waals surface area contributed by atoms with E-state index in [1.165, 1.54) is 0 Å². The second kappa shape index (κ2) is 7.81. The SMILES string of the molecule is C[C@H](CNC(=O)N1CC[C@@H](Oc2cccnc2)C1)Cn1cccn1. The highest BCUT2D eigenvalue weighted by atomic mass is 16.5. The van der Waals surface area contributed by atoms with Gasteiger partial charge < -0.3 is 15.0 Å². The molecule has 0 aromatic carbocycles. The lowest BCUT2D eigenvalue weighted by atomic mass is 10.2. The maximum absolute atomic E-state index is 12.3. The number of ether oxygens (including phenoxy) is 1. The van der Waals surface area contributed by atoms with E-state index in [0.29, 0.717) is 25.6 Å². The lowest BCUT2D eigenvalue weighted by Gasteiger charge is -2.19. The number of carbonyl (C=O) groups is 1. The average molecular weight is 329 g/mol. The van der Waals surface area contributed by atoms with Crippen molar-refractivity contribution in [2.75, 3.05) is 19.6 Å². The van der Waals surface area contributed by atoms with Crippen LogP contribution in [0.3, 0.4) is 0 Å². The summed E-state index contributed by atoms with van der Waals surface area (Å²) in [6, 6.07) is 5.60. The Hall–Kier alpha value is -2.57. The smallest absolute Gasteiger partial charge is 0.317 e. The largest absolute Gasteiger partial charge is 0.487 e. The van der Waals surface area contributed by atoms with Crippen molar-refractivity contribution < 1.29 is 9.53 Å². The number of nitrogens with zero attached hydrogens (tertiary/aromatic N) is 4. The first-order chi connectivity index (χ1) is 11.7. The molecule has 2 atom stereocenters. The van der Waals surface area contributed by atoms with Gasteiger partial charge in [-0.3, -0.25) is 9.67 Å². The van der Waals surface area contributed by atoms with Gasteiger partial charge in [-0.2, -0.15) is 5.10 Å². The Labute approximate surface area is 141 Å². The molecule has 0 unspecified atom stereocenters. The predicted molar refractivity (Wildman–Crippen MR) is 89.6 cm³/mol. The van der Waals surface area contributed by atoms with Crippen molar-refractivity contribution in [1.82, 2.24) is 25.0 Å². The first-order valence-electron chi connectivity index (χ1n) is 8.27. The van der Waals surface area contributed by atoms with Crippen LogP contribution in [-0.2, 0) is 6.54 Å². The summed E-state index contributed by atoms with van der Waals surface area (Å²) in [4.78, 5) is 18.1. The summed E-state index contributed by atoms with van der Waals surface area (Å²) in [5, 5.41) is 7.18. The van der Waals surface area contributed by atoms with Gasteiger partial charge in [-0.15, -0.1) is 0 Å². The van der Waals surface area contributed by atoms with E-state index < -0.39 is 0 Å². The molecule has 1 N–H and O–H groups in total. The highest BCUT2D eigenvalue weighted by Gasteiger charge is 2.27. The van der Waals surface area contributed by atoms with Crippen molar-refractivity contribution in [2.24, 2.45) is 5.92 Å². The van der Waals surface area contributed by atoms with Gasteiger partial charge in [0.25, 0.3) is 0 Å². The minimum atomic E-state index is -0.0281. The molecule has 3 rings (SSSR count). The van der Waals surface area contributed by atoms with Crippen LogP contribution in [0.25, 0.3) is 0 Å². The third kappa shape index (κ3) is 4.47. The topological polar surface area (TPSA) is 72.3 Å². The van der Waals surface area contributed by atoms with E-state index in [0.717, 1.165) is 18.7 Å². The fourth-order valence-corrected chi connectivity index (χ4v) is 2.78. The van der Waals surface area contributed by atoms with E-state index in [-0.39, 0.29) is 12.1 Å². The van der Waals surface area contributed by atoms with E-state index in [1.807, 2.05) is 34.0 Å². The molecule has 24 heavy (non-hydrogen) atoms. The lowest BCUT2D eigenvalue weighted by Crippen LogP contribution is -2.41. The zero-order chi connectivity index (χ0) is 16.8. The van der Waals surface area contributed by atoms with Crippen LogP contribution < -0.4 is 10.1 Å². The third-order valence-electron chi connectivity index (χ3n) is 4.03. The molecule has 0 radical (unpaired) electrons. The van der Waals surface area contributed by atoms with Crippen LogP contribution in [0.2, 0.25) is 0 Å². The minimum Gasteiger partial charge on any atom is -0.487 e. The Morgan fingerprint density at radius 3 is 3.12 bits per heavy atom. The second-order valence-corrected chi connectivity index (χ2v) is 6.18. The molecule has 7 nitrogen and oxygen atoms in total. The van der Waals surface area contributed by atoms with Gasteiger partial charge >= 0.3 is 6.03 Å². The van der Waals surface area contributed by atoms with E-state index in [9.17, 15) is 4.79 Å². The Morgan fingerprint density at radius 1 is 1.46 bits per heavy atom. The molecule has 0 saturated carbocycles. The molecular weight excluding hydrogens is 306 g/mol. The zero-order valence-electron chi connectivity index (χ0n) is 13.8. The molecule has 2 amide bonds. The minimum absolute atomic E-state index is 0.0281. The van der Waals surface area contributed by atoms with Crippen molar-refractivity contribution in [1.29, 1.82) is 0 Å². The number of likely N-dealkylation sites (tertiary alicyclic amines) is 1. The molecule has 128 valence electrons. The zero-order valence-corrected chi connectivity index (χ0v) is 13.8. The summed E-state index contributed by atoms with van der Waals surface area (Å²) in [6.45, 7) is 4.84. The van der Waals surface area contributed by atoms with Crippen LogP contribution in [0.4, 0.5) is 4.79 Å². The molecular formula is C17H23N5O2. The quantitative estimate of drug-likeness (QED) is 0.877. The number of carbonyl (C=O) groups excluding carboxylic acids is 1. The van der Waals surface area contributed by atoms with E-state index >= 15 is 0 Å². The van der Waals surface area contributed by atoms with Gasteiger partial charge in [0.15, 0.2) is 0 Å². The summed E-state index contributed by atoms with van der Waals surface area (Å²) in [7, 11) is 0. The Bertz CT molecular complexity index is 632. The molecule has 0 bridgehead atoms. The predicted octanol–water partition coefficient (Wildman–Crippen LogP) is 1.78. The van der Waals surface area contributed by atoms with Crippen molar-refractivity contribution in [2.45, 2.75) is 26.0 Å². The highest BCUT2D eigenvalue weighted by molar-refractivity contribution is 5.74. The van der Waals surface area contributed by atoms with Crippen LogP contribution in [-0.4, -0.2) is 51.4 Å². The molecule has 2 aromatic heterocycles. The molecule has 1 saturated heterocycles. The van der Waals surface area contributed by atoms with Crippen LogP contribution in [0, 0.1) is 5.92 Å². The average Bonchev–Trinajstić information content (AvgIpc) is 3.26. The Morgan fingerprint density at radius 2 is 2.38 bits per heavy atom. The first kappa shape index (κ1) is 16.3. The summed E-state index contributed by atoms with van der Waals surface area (Å²) in [5.74, 6) is 1.07. The second-order valence-electron chi connectivity index (χ2n) is 6.18. The number of rotatable bonds is 6. The van der Waals surface area contributed by atoms with Crippen LogP contribution >= 0.6 is 0 Å². The standard InChI is InChI=1S/C17H23N5O2/c1-14(12-22-8-3-7-20-22)10-19-17(23)21-9-5-16(13-21)24-15-4-2-6-18-11-15/h2-4,6-8,11,14,16H,5,9-10,12-13H2,1H3,(H,19,23)/t14-,16-/m1/s1. The van der Waals surface area contributed by atoms with E-state index in [2.05, 4.69) is 22.3 Å². The molecule has 1 fully saturated rings. The molecule has 3 heterocycles. The fraction of sp³-hybridized carbons (Fsp3) is 0.471. The van der Waals surface area contributed by atoms with Gasteiger partial charge in [-0.1, -0.05) is 6.92 Å². The van der Waals surface area contributed by atoms with Gasteiger partial charge in [0, 0.05) is 44.6 Å². The van der Waals surface area contributed by atoms with Gasteiger partial charge in [0.2, 0.25) is 0 Å². The number of hydrogen-bond donors (Lipinski definition) is 1. The van der Waals surface area contributed by atoms with Crippen molar-refractivity contribution in [3.05, 3.63) is 43.0 Å². The van der Waals surface area contributed by atoms with Gasteiger partial charge in [0.05, 0.1) is 12.7 Å². The summed E-state index contributed by atoms with van der Waals surface area (Å²) in [6.07, 6.45) is 7.97. The number of nitrogens with one attached hydrogen (secondary N) is 1. The number of urea groups is 1. The Kier molecular flexibility index (Phi) is 5.30. The maximum Gasteiger partial charge on any atom is 0.317 e. The summed E-state index contributed by atoms with van der Waals surface area (Å²) >= 11 is 0. The van der Waals surface area contributed by atoms with Crippen LogP contribution in [0.5, 0.6) is 5.75 Å². The van der Waals surface area contributed by atoms with Crippen molar-refractivity contribution >= 4 is 6.03 Å². The number of hydrogen-bond acceptors (Lipinski definition) is 4. The first-order valence-corrected chi connectivity index (χ1v) is 8.27. The molecule has 1 aliphatic heterocycles. The number of amides is 2. The molecule has 1 aliphatic rings. The van der Waals surface area contributed by atoms with Crippen molar-refractivity contribution in [3.63, 3.8) is 0 Å². The summed E-state index contributed by atoms with van der Waals surface area (Å²) < 4.78 is 7.74. The Balaban J connectivity index is 1.39. The molecule has 0 aliphatic carbocycles. The van der Waals surface area contributed by atoms with Crippen molar-refractivity contribution in [3.8, 4) is 5.75 Å². The normalized spacial score (nSPS) is 18.4. The highest BCUT2D eigenvalue weighted by Crippen LogP contribution is 2.17. The van der Waals surface area contributed by atoms with Gasteiger partial charge in [0.1, 0.15) is 11.9 Å². The lowest BCUT2D eigenvalue weighted by molar-refractivity contribution is 0.185. The third-order valence-corrected chi connectivity index (χ3v) is 4.03. The fourth-order valence-electron chi connectivity index (χ4n) is 2.78. The summed E-state index contributed by atoms with van der Waals surface area (Å²) in [5.41, 5.74) is 0. The molecule has 7 heteroatoms. The number of aromatic nitrogens is 3. The van der Waals surface area contributed by atoms with Crippen LogP contribution in [0.1, 0.15) is 13.3 Å². The van der Waals surface area contributed by atoms with Gasteiger partial charge in [-0.25, -0.2) is 4.79 Å². The van der Waals surface area contributed by atoms with Crippen LogP contribution in [0.15, 0.2) is 43.0 Å². The molecule has 0 spiro atoms. The maximum atomic E-state index is 12.3. The monoisotopic (exact) mass is 329 g/mol.